The minimum Gasteiger partial charge on any atom is -0.493 e. The number of rotatable bonds is 7. The quantitative estimate of drug-likeness (QED) is 0.226. The van der Waals surface area contributed by atoms with E-state index in [0.29, 0.717) is 47.2 Å². The van der Waals surface area contributed by atoms with Crippen molar-refractivity contribution >= 4 is 35.2 Å². The first kappa shape index (κ1) is 37.7. The van der Waals surface area contributed by atoms with E-state index in [1.54, 1.807) is 84.7 Å². The van der Waals surface area contributed by atoms with Crippen LogP contribution in [0.5, 0.6) is 17.2 Å². The summed E-state index contributed by atoms with van der Waals surface area (Å²) in [7, 11) is 1.69. The molecular weight excluding hydrogens is 684 g/mol. The molecule has 4 aromatic rings. The number of hydrogen-bond donors (Lipinski definition) is 3. The lowest BCUT2D eigenvalue weighted by atomic mass is 10.0. The molecule has 0 spiro atoms. The van der Waals surface area contributed by atoms with Crippen LogP contribution in [0.2, 0.25) is 5.02 Å². The monoisotopic (exact) mass is 726 g/mol. The number of nitrogens with zero attached hydrogens (tertiary/aromatic N) is 1. The highest BCUT2D eigenvalue weighted by molar-refractivity contribution is 6.30. The fraction of sp³-hybridized carbons (Fsp3) is 0.300. The molecule has 2 atom stereocenters. The molecule has 3 N–H and O–H groups in total. The van der Waals surface area contributed by atoms with Crippen LogP contribution in [0.1, 0.15) is 45.5 Å². The zero-order valence-corrected chi connectivity index (χ0v) is 29.8. The number of halogens is 1. The molecule has 0 aliphatic carbocycles. The molecule has 1 aliphatic rings. The van der Waals surface area contributed by atoms with Crippen molar-refractivity contribution in [3.05, 3.63) is 125 Å². The first-order valence-electron chi connectivity index (χ1n) is 17.3. The molecule has 52 heavy (non-hydrogen) atoms. The van der Waals surface area contributed by atoms with E-state index in [1.165, 1.54) is 0 Å². The Kier molecular flexibility index (Phi) is 13.9. The molecule has 0 saturated carbocycles. The zero-order valence-electron chi connectivity index (χ0n) is 29.0. The zero-order chi connectivity index (χ0) is 36.7. The van der Waals surface area contributed by atoms with E-state index in [0.717, 1.165) is 5.56 Å². The number of amides is 4. The molecular formula is C40H43ClN4O7. The van der Waals surface area contributed by atoms with E-state index in [2.05, 4.69) is 16.0 Å². The second-order valence-corrected chi connectivity index (χ2v) is 12.7. The number of hydrogen-bond acceptors (Lipinski definition) is 7. The largest absolute Gasteiger partial charge is 0.493 e. The number of para-hydroxylation sites is 2. The van der Waals surface area contributed by atoms with Crippen LogP contribution in [0.3, 0.4) is 0 Å². The van der Waals surface area contributed by atoms with Gasteiger partial charge in [-0.25, -0.2) is 0 Å². The summed E-state index contributed by atoms with van der Waals surface area (Å²) in [6.07, 6.45) is 0.949. The van der Waals surface area contributed by atoms with Crippen LogP contribution in [-0.4, -0.2) is 80.6 Å². The van der Waals surface area contributed by atoms with Crippen LogP contribution >= 0.6 is 11.6 Å². The van der Waals surface area contributed by atoms with Crippen molar-refractivity contribution in [3.63, 3.8) is 0 Å². The molecule has 4 aromatic carbocycles. The number of ether oxygens (including phenoxy) is 3. The van der Waals surface area contributed by atoms with Crippen molar-refractivity contribution in [3.8, 4) is 17.2 Å². The summed E-state index contributed by atoms with van der Waals surface area (Å²) in [6.45, 7) is 0.995. The normalized spacial score (nSPS) is 17.6. The predicted octanol–water partition coefficient (Wildman–Crippen LogP) is 5.07. The van der Waals surface area contributed by atoms with Gasteiger partial charge in [0.15, 0.2) is 0 Å². The number of carbonyl (C=O) groups is 4. The van der Waals surface area contributed by atoms with E-state index in [-0.39, 0.29) is 56.6 Å². The number of fused-ring (bicyclic) bond motifs is 2. The number of carbonyl (C=O) groups excluding carboxylic acids is 4. The number of nitrogens with one attached hydrogen (secondary N) is 3. The Morgan fingerprint density at radius 2 is 1.52 bits per heavy atom. The van der Waals surface area contributed by atoms with Crippen LogP contribution in [0.15, 0.2) is 103 Å². The van der Waals surface area contributed by atoms with Crippen LogP contribution in [0.4, 0.5) is 0 Å². The third-order valence-corrected chi connectivity index (χ3v) is 8.82. The van der Waals surface area contributed by atoms with Gasteiger partial charge in [-0.2, -0.15) is 0 Å². The first-order chi connectivity index (χ1) is 25.3. The molecule has 0 aromatic heterocycles. The Morgan fingerprint density at radius 1 is 0.865 bits per heavy atom. The Morgan fingerprint density at radius 3 is 2.25 bits per heavy atom. The van der Waals surface area contributed by atoms with Crippen molar-refractivity contribution in [2.24, 2.45) is 0 Å². The van der Waals surface area contributed by atoms with Crippen LogP contribution in [0, 0.1) is 0 Å². The molecule has 0 unspecified atom stereocenters. The third kappa shape index (κ3) is 11.0. The van der Waals surface area contributed by atoms with Gasteiger partial charge in [0.05, 0.1) is 30.3 Å². The van der Waals surface area contributed by atoms with Gasteiger partial charge in [0.2, 0.25) is 11.8 Å². The van der Waals surface area contributed by atoms with Crippen LogP contribution in [-0.2, 0) is 16.0 Å². The Balaban J connectivity index is 1.36. The lowest BCUT2D eigenvalue weighted by Crippen LogP contribution is -2.48. The summed E-state index contributed by atoms with van der Waals surface area (Å²) in [5, 5.41) is 9.14. The maximum atomic E-state index is 13.8. The first-order valence-corrected chi connectivity index (χ1v) is 17.6. The van der Waals surface area contributed by atoms with Gasteiger partial charge in [0.1, 0.15) is 36.5 Å². The molecule has 0 fully saturated rings. The number of likely N-dealkylation sites (N-methyl/N-ethyl adjacent to an activating group) is 1. The Bertz CT molecular complexity index is 1810. The molecule has 0 saturated heterocycles. The molecule has 1 aliphatic heterocycles. The van der Waals surface area contributed by atoms with Gasteiger partial charge in [-0.05, 0) is 73.4 Å². The van der Waals surface area contributed by atoms with Gasteiger partial charge in [-0.1, -0.05) is 66.2 Å². The molecule has 0 radical (unpaired) electrons. The van der Waals surface area contributed by atoms with Gasteiger partial charge in [0, 0.05) is 25.0 Å². The highest BCUT2D eigenvalue weighted by Crippen LogP contribution is 2.22. The fourth-order valence-corrected chi connectivity index (χ4v) is 5.77. The van der Waals surface area contributed by atoms with E-state index >= 15 is 0 Å². The van der Waals surface area contributed by atoms with Crippen molar-refractivity contribution in [1.82, 2.24) is 20.9 Å². The lowest BCUT2D eigenvalue weighted by Gasteiger charge is -2.29. The smallest absolute Gasteiger partial charge is 0.255 e. The Hall–Kier alpha value is -5.55. The highest BCUT2D eigenvalue weighted by Gasteiger charge is 2.27. The standard InChI is InChI=1S/C40H43ClN4O7/c1-45-30(26-28-10-3-2-4-11-28)27-52-36-15-8-5-12-32(36)38(47)42-22-9-24-51-35-14-7-6-13-33(35)39(48)44-34(20-21-37(45)46)40(49)43-23-25-50-31-18-16-29(41)17-19-31/h2-8,10-19,30,34H,9,20-27H2,1H3,(H,42,47)(H,43,49)(H,44,48)/t30-,34-/m0/s1. The van der Waals surface area contributed by atoms with Crippen molar-refractivity contribution < 1.29 is 33.4 Å². The average Bonchev–Trinajstić information content (AvgIpc) is 3.16. The van der Waals surface area contributed by atoms with E-state index in [1.807, 2.05) is 30.3 Å². The molecule has 272 valence electrons. The molecule has 12 heteroatoms. The van der Waals surface area contributed by atoms with Crippen molar-refractivity contribution in [1.29, 1.82) is 0 Å². The summed E-state index contributed by atoms with van der Waals surface area (Å²) in [5.74, 6) is -0.196. The molecule has 1 heterocycles. The summed E-state index contributed by atoms with van der Waals surface area (Å²) in [5.41, 5.74) is 1.62. The minimum atomic E-state index is -1.04. The van der Waals surface area contributed by atoms with Gasteiger partial charge in [-0.3, -0.25) is 19.2 Å². The molecule has 5 rings (SSSR count). The molecule has 11 nitrogen and oxygen atoms in total. The fourth-order valence-electron chi connectivity index (χ4n) is 5.64. The van der Waals surface area contributed by atoms with E-state index in [4.69, 9.17) is 25.8 Å². The van der Waals surface area contributed by atoms with Crippen molar-refractivity contribution in [2.45, 2.75) is 37.8 Å². The minimum absolute atomic E-state index is 0.0315. The van der Waals surface area contributed by atoms with E-state index in [9.17, 15) is 19.2 Å². The van der Waals surface area contributed by atoms with Gasteiger partial charge < -0.3 is 35.1 Å². The maximum Gasteiger partial charge on any atom is 0.255 e. The second kappa shape index (κ2) is 19.2. The summed E-state index contributed by atoms with van der Waals surface area (Å²) < 4.78 is 17.9. The van der Waals surface area contributed by atoms with E-state index < -0.39 is 23.9 Å². The molecule has 4 amide bonds. The predicted molar refractivity (Wildman–Crippen MR) is 198 cm³/mol. The second-order valence-electron chi connectivity index (χ2n) is 12.3. The molecule has 0 bridgehead atoms. The van der Waals surface area contributed by atoms with Crippen LogP contribution in [0.25, 0.3) is 0 Å². The SMILES string of the molecule is CN1C(=O)CC[C@@H](C(=O)NCCOc2ccc(Cl)cc2)NC(=O)c2ccccc2OCCCNC(=O)c2ccccc2OC[C@@H]1Cc1ccccc1. The summed E-state index contributed by atoms with van der Waals surface area (Å²) >= 11 is 5.95. The topological polar surface area (TPSA) is 135 Å². The van der Waals surface area contributed by atoms with Crippen LogP contribution < -0.4 is 30.2 Å². The summed E-state index contributed by atoms with van der Waals surface area (Å²) in [6, 6.07) is 28.9. The summed E-state index contributed by atoms with van der Waals surface area (Å²) in [4.78, 5) is 55.7. The van der Waals surface area contributed by atoms with Crippen molar-refractivity contribution in [2.75, 3.05) is 40.0 Å². The van der Waals surface area contributed by atoms with Gasteiger partial charge >= 0.3 is 0 Å². The Labute approximate surface area is 308 Å². The van der Waals surface area contributed by atoms with Gasteiger partial charge in [0.25, 0.3) is 11.8 Å². The average molecular weight is 727 g/mol. The van der Waals surface area contributed by atoms with Gasteiger partial charge in [-0.15, -0.1) is 0 Å². The maximum absolute atomic E-state index is 13.8. The lowest BCUT2D eigenvalue weighted by molar-refractivity contribution is -0.133. The number of benzene rings is 4. The highest BCUT2D eigenvalue weighted by atomic mass is 35.5. The third-order valence-electron chi connectivity index (χ3n) is 8.57.